The summed E-state index contributed by atoms with van der Waals surface area (Å²) < 4.78 is 1.62. The molecule has 23 heavy (non-hydrogen) atoms. The molecule has 0 spiro atoms. The molecule has 0 unspecified atom stereocenters. The zero-order valence-corrected chi connectivity index (χ0v) is 12.1. The van der Waals surface area contributed by atoms with Gasteiger partial charge in [-0.15, -0.1) is 0 Å². The van der Waals surface area contributed by atoms with Gasteiger partial charge in [0.2, 0.25) is 5.52 Å². The van der Waals surface area contributed by atoms with E-state index in [9.17, 15) is 19.8 Å². The zero-order chi connectivity index (χ0) is 16.4. The summed E-state index contributed by atoms with van der Waals surface area (Å²) in [6.45, 7) is 0.350. The fraction of sp³-hybridized carbons (Fsp3) is 0.0556. The van der Waals surface area contributed by atoms with Crippen LogP contribution in [0.1, 0.15) is 26.4 Å². The molecule has 0 aliphatic rings. The number of carbonyl (C=O) groups is 2. The van der Waals surface area contributed by atoms with Gasteiger partial charge in [0.05, 0.1) is 5.56 Å². The number of hydrogen-bond acceptors (Lipinski definition) is 2. The van der Waals surface area contributed by atoms with Crippen molar-refractivity contribution in [3.05, 3.63) is 77.5 Å². The van der Waals surface area contributed by atoms with Gasteiger partial charge in [0, 0.05) is 23.1 Å². The Morgan fingerprint density at radius 2 is 1.57 bits per heavy atom. The van der Waals surface area contributed by atoms with Gasteiger partial charge < -0.3 is 10.2 Å². The van der Waals surface area contributed by atoms with Gasteiger partial charge in [0.15, 0.2) is 6.54 Å². The molecule has 5 nitrogen and oxygen atoms in total. The Kier molecular flexibility index (Phi) is 3.76. The molecule has 1 heterocycles. The summed E-state index contributed by atoms with van der Waals surface area (Å²) in [4.78, 5) is 22.7. The number of benzene rings is 2. The zero-order valence-electron chi connectivity index (χ0n) is 12.1. The molecule has 114 valence electrons. The Bertz CT molecular complexity index is 898. The Morgan fingerprint density at radius 3 is 2.22 bits per heavy atom. The molecule has 1 aromatic heterocycles. The van der Waals surface area contributed by atoms with Gasteiger partial charge in [0.25, 0.3) is 5.69 Å². The van der Waals surface area contributed by atoms with Crippen molar-refractivity contribution in [1.29, 1.82) is 0 Å². The van der Waals surface area contributed by atoms with Crippen molar-refractivity contribution in [3.63, 3.8) is 0 Å². The summed E-state index contributed by atoms with van der Waals surface area (Å²) in [5.74, 6) is -2.09. The van der Waals surface area contributed by atoms with Crippen molar-refractivity contribution in [2.24, 2.45) is 0 Å². The van der Waals surface area contributed by atoms with Crippen LogP contribution in [0, 0.1) is 0 Å². The predicted molar refractivity (Wildman–Crippen MR) is 83.6 cm³/mol. The fourth-order valence-electron chi connectivity index (χ4n) is 2.56. The van der Waals surface area contributed by atoms with Crippen molar-refractivity contribution in [2.75, 3.05) is 0 Å². The van der Waals surface area contributed by atoms with Crippen LogP contribution in [-0.4, -0.2) is 22.2 Å². The fourth-order valence-corrected chi connectivity index (χ4v) is 2.56. The Labute approximate surface area is 132 Å². The van der Waals surface area contributed by atoms with E-state index in [2.05, 4.69) is 0 Å². The summed E-state index contributed by atoms with van der Waals surface area (Å²) in [6, 6.07) is 17.4. The van der Waals surface area contributed by atoms with Gasteiger partial charge in [-0.2, -0.15) is 4.57 Å². The SMILES string of the molecule is O=C(O)c1ccc2ccc(C(=O)O)[n+](Cc3ccccc3)c2c1. The first-order valence-corrected chi connectivity index (χ1v) is 7.03. The van der Waals surface area contributed by atoms with E-state index in [0.29, 0.717) is 12.1 Å². The number of rotatable bonds is 4. The lowest BCUT2D eigenvalue weighted by atomic mass is 10.1. The predicted octanol–water partition coefficient (Wildman–Crippen LogP) is 2.57. The molecule has 5 heteroatoms. The van der Waals surface area contributed by atoms with Gasteiger partial charge in [0.1, 0.15) is 0 Å². The first kappa shape index (κ1) is 14.7. The van der Waals surface area contributed by atoms with E-state index in [1.807, 2.05) is 30.3 Å². The highest BCUT2D eigenvalue weighted by Crippen LogP contribution is 2.15. The molecule has 0 aliphatic carbocycles. The molecule has 3 aromatic rings. The first-order chi connectivity index (χ1) is 11.1. The van der Waals surface area contributed by atoms with Crippen molar-refractivity contribution in [1.82, 2.24) is 0 Å². The molecular weight excluding hydrogens is 294 g/mol. The lowest BCUT2D eigenvalue weighted by Crippen LogP contribution is -2.42. The van der Waals surface area contributed by atoms with Crippen LogP contribution in [0.3, 0.4) is 0 Å². The van der Waals surface area contributed by atoms with Gasteiger partial charge in [-0.3, -0.25) is 0 Å². The molecule has 3 rings (SSSR count). The van der Waals surface area contributed by atoms with E-state index in [-0.39, 0.29) is 11.3 Å². The smallest absolute Gasteiger partial charge is 0.401 e. The maximum absolute atomic E-state index is 11.5. The highest BCUT2D eigenvalue weighted by Gasteiger charge is 2.23. The van der Waals surface area contributed by atoms with Crippen LogP contribution in [0.25, 0.3) is 10.9 Å². The highest BCUT2D eigenvalue weighted by atomic mass is 16.4. The second-order valence-electron chi connectivity index (χ2n) is 5.17. The molecule has 2 N–H and O–H groups in total. The van der Waals surface area contributed by atoms with E-state index in [1.165, 1.54) is 18.2 Å². The average Bonchev–Trinajstić information content (AvgIpc) is 2.55. The summed E-state index contributed by atoms with van der Waals surface area (Å²) in [6.07, 6.45) is 0. The summed E-state index contributed by atoms with van der Waals surface area (Å²) in [7, 11) is 0. The maximum Gasteiger partial charge on any atom is 0.401 e. The number of fused-ring (bicyclic) bond motifs is 1. The van der Waals surface area contributed by atoms with E-state index >= 15 is 0 Å². The molecule has 0 aliphatic heterocycles. The van der Waals surface area contributed by atoms with Crippen LogP contribution in [0.5, 0.6) is 0 Å². The molecule has 0 saturated carbocycles. The normalized spacial score (nSPS) is 10.6. The van der Waals surface area contributed by atoms with E-state index in [4.69, 9.17) is 0 Å². The average molecular weight is 308 g/mol. The van der Waals surface area contributed by atoms with Crippen LogP contribution >= 0.6 is 0 Å². The van der Waals surface area contributed by atoms with Crippen LogP contribution in [0.15, 0.2) is 60.7 Å². The quantitative estimate of drug-likeness (QED) is 0.726. The standard InChI is InChI=1S/C18H13NO4/c20-17(21)14-7-6-13-8-9-15(18(22)23)19(16(13)10-14)11-12-4-2-1-3-5-12/h1-10H,11H2,(H-,20,21,22,23)/p+1. The van der Waals surface area contributed by atoms with E-state index in [0.717, 1.165) is 10.9 Å². The number of carboxylic acid groups (broad SMARTS) is 2. The van der Waals surface area contributed by atoms with Crippen LogP contribution in [0.2, 0.25) is 0 Å². The maximum atomic E-state index is 11.5. The second-order valence-corrected chi connectivity index (χ2v) is 5.17. The molecule has 0 saturated heterocycles. The van der Waals surface area contributed by atoms with E-state index < -0.39 is 11.9 Å². The number of nitrogens with zero attached hydrogens (tertiary/aromatic N) is 1. The van der Waals surface area contributed by atoms with Crippen molar-refractivity contribution >= 4 is 22.8 Å². The van der Waals surface area contributed by atoms with Gasteiger partial charge in [-0.1, -0.05) is 30.3 Å². The third-order valence-electron chi connectivity index (χ3n) is 3.68. The minimum Gasteiger partial charge on any atom is -0.478 e. The van der Waals surface area contributed by atoms with E-state index in [1.54, 1.807) is 16.7 Å². The number of pyridine rings is 1. The third-order valence-corrected chi connectivity index (χ3v) is 3.68. The van der Waals surface area contributed by atoms with Crippen molar-refractivity contribution in [2.45, 2.75) is 6.54 Å². The van der Waals surface area contributed by atoms with Gasteiger partial charge in [-0.05, 0) is 18.2 Å². The molecule has 2 aromatic carbocycles. The largest absolute Gasteiger partial charge is 0.478 e. The highest BCUT2D eigenvalue weighted by molar-refractivity contribution is 5.93. The van der Waals surface area contributed by atoms with Gasteiger partial charge >= 0.3 is 11.9 Å². The summed E-state index contributed by atoms with van der Waals surface area (Å²) >= 11 is 0. The van der Waals surface area contributed by atoms with Crippen LogP contribution in [-0.2, 0) is 6.54 Å². The first-order valence-electron chi connectivity index (χ1n) is 7.03. The molecule has 0 radical (unpaired) electrons. The monoisotopic (exact) mass is 308 g/mol. The topological polar surface area (TPSA) is 78.5 Å². The molecular formula is C18H14NO4+. The number of aromatic carboxylic acids is 2. The Hall–Kier alpha value is -3.21. The number of hydrogen-bond donors (Lipinski definition) is 2. The summed E-state index contributed by atoms with van der Waals surface area (Å²) in [5.41, 5.74) is 1.76. The minimum absolute atomic E-state index is 0.115. The number of aromatic nitrogens is 1. The molecule has 0 fully saturated rings. The Morgan fingerprint density at radius 1 is 0.870 bits per heavy atom. The number of carboxylic acids is 2. The third kappa shape index (κ3) is 2.89. The van der Waals surface area contributed by atoms with Crippen LogP contribution < -0.4 is 4.57 Å². The molecule has 0 atom stereocenters. The minimum atomic E-state index is -1.05. The molecule has 0 bridgehead atoms. The van der Waals surface area contributed by atoms with Crippen molar-refractivity contribution in [3.8, 4) is 0 Å². The lowest BCUT2D eigenvalue weighted by molar-refractivity contribution is -0.664. The van der Waals surface area contributed by atoms with Crippen LogP contribution in [0.4, 0.5) is 0 Å². The van der Waals surface area contributed by atoms with Crippen molar-refractivity contribution < 1.29 is 24.4 Å². The second kappa shape index (κ2) is 5.88. The lowest BCUT2D eigenvalue weighted by Gasteiger charge is -2.06. The Balaban J connectivity index is 2.25. The van der Waals surface area contributed by atoms with Gasteiger partial charge in [-0.25, -0.2) is 9.59 Å². The summed E-state index contributed by atoms with van der Waals surface area (Å²) in [5, 5.41) is 19.4. The molecule has 0 amide bonds.